The molecule has 1 rings (SSSR count). The van der Waals surface area contributed by atoms with Gasteiger partial charge in [0.2, 0.25) is 0 Å². The Morgan fingerprint density at radius 3 is 2.78 bits per heavy atom. The number of anilines is 1. The Labute approximate surface area is 112 Å². The fourth-order valence-corrected chi connectivity index (χ4v) is 1.48. The predicted octanol–water partition coefficient (Wildman–Crippen LogP) is 2.75. The van der Waals surface area contributed by atoms with Gasteiger partial charge >= 0.3 is 5.97 Å². The third-order valence-electron chi connectivity index (χ3n) is 2.12. The van der Waals surface area contributed by atoms with E-state index in [1.54, 1.807) is 12.1 Å². The van der Waals surface area contributed by atoms with Crippen LogP contribution >= 0.6 is 11.6 Å². The van der Waals surface area contributed by atoms with Crippen LogP contribution in [0.1, 0.15) is 24.2 Å². The lowest BCUT2D eigenvalue weighted by molar-refractivity contribution is 0.0278. The summed E-state index contributed by atoms with van der Waals surface area (Å²) in [4.78, 5) is 11.7. The molecule has 0 aliphatic carbocycles. The summed E-state index contributed by atoms with van der Waals surface area (Å²) in [7, 11) is 0. The molecule has 1 aromatic carbocycles. The summed E-state index contributed by atoms with van der Waals surface area (Å²) in [5, 5.41) is 0.331. The lowest BCUT2D eigenvalue weighted by atomic mass is 10.2. The van der Waals surface area contributed by atoms with Gasteiger partial charge in [-0.05, 0) is 24.1 Å². The van der Waals surface area contributed by atoms with Crippen LogP contribution in [0.25, 0.3) is 0 Å². The molecule has 0 heterocycles. The third-order valence-corrected chi connectivity index (χ3v) is 2.45. The van der Waals surface area contributed by atoms with E-state index in [1.165, 1.54) is 6.07 Å². The zero-order chi connectivity index (χ0) is 13.5. The molecule has 0 unspecified atom stereocenters. The average molecular weight is 272 g/mol. The van der Waals surface area contributed by atoms with E-state index >= 15 is 0 Å². The Balaban J connectivity index is 2.39. The minimum atomic E-state index is -0.486. The number of rotatable bonds is 6. The van der Waals surface area contributed by atoms with Gasteiger partial charge in [0.15, 0.2) is 0 Å². The zero-order valence-electron chi connectivity index (χ0n) is 10.6. The predicted molar refractivity (Wildman–Crippen MR) is 71.8 cm³/mol. The number of carbonyl (C=O) groups is 1. The highest BCUT2D eigenvalue weighted by Gasteiger charge is 2.12. The molecule has 2 N–H and O–H groups in total. The second-order valence-electron chi connectivity index (χ2n) is 4.34. The van der Waals surface area contributed by atoms with E-state index in [4.69, 9.17) is 26.8 Å². The van der Waals surface area contributed by atoms with Crippen molar-refractivity contribution >= 4 is 23.3 Å². The smallest absolute Gasteiger partial charge is 0.339 e. The molecule has 100 valence electrons. The molecule has 0 aliphatic heterocycles. The van der Waals surface area contributed by atoms with Gasteiger partial charge in [0, 0.05) is 12.3 Å². The average Bonchev–Trinajstić information content (AvgIpc) is 2.31. The molecular formula is C13H18ClNO3. The van der Waals surface area contributed by atoms with Crippen LogP contribution in [-0.2, 0) is 9.47 Å². The summed E-state index contributed by atoms with van der Waals surface area (Å²) < 4.78 is 10.3. The lowest BCUT2D eigenvalue weighted by Crippen LogP contribution is -2.13. The highest BCUT2D eigenvalue weighted by atomic mass is 35.5. The molecule has 0 saturated carbocycles. The van der Waals surface area contributed by atoms with E-state index in [0.29, 0.717) is 29.8 Å². The number of esters is 1. The molecule has 0 fully saturated rings. The van der Waals surface area contributed by atoms with Gasteiger partial charge < -0.3 is 15.2 Å². The number of benzene rings is 1. The normalized spacial score (nSPS) is 10.7. The third kappa shape index (κ3) is 4.94. The number of hydrogen-bond acceptors (Lipinski definition) is 4. The summed E-state index contributed by atoms with van der Waals surface area (Å²) in [6, 6.07) is 4.70. The van der Waals surface area contributed by atoms with Crippen LogP contribution in [0.15, 0.2) is 18.2 Å². The van der Waals surface area contributed by atoms with Crippen molar-refractivity contribution in [2.45, 2.75) is 13.8 Å². The van der Waals surface area contributed by atoms with Crippen molar-refractivity contribution in [1.82, 2.24) is 0 Å². The maximum absolute atomic E-state index is 11.7. The Morgan fingerprint density at radius 1 is 1.39 bits per heavy atom. The van der Waals surface area contributed by atoms with Crippen molar-refractivity contribution < 1.29 is 14.3 Å². The molecule has 0 saturated heterocycles. The molecule has 0 atom stereocenters. The quantitative estimate of drug-likeness (QED) is 0.491. The Bertz CT molecular complexity index is 407. The second kappa shape index (κ2) is 7.24. The first-order chi connectivity index (χ1) is 8.50. The first kappa shape index (κ1) is 14.8. The summed E-state index contributed by atoms with van der Waals surface area (Å²) in [5.41, 5.74) is 6.34. The summed E-state index contributed by atoms with van der Waals surface area (Å²) in [6.07, 6.45) is 0. The maximum Gasteiger partial charge on any atom is 0.339 e. The van der Waals surface area contributed by atoms with Crippen LogP contribution in [-0.4, -0.2) is 25.8 Å². The molecule has 0 radical (unpaired) electrons. The van der Waals surface area contributed by atoms with Gasteiger partial charge in [-0.15, -0.1) is 0 Å². The van der Waals surface area contributed by atoms with Gasteiger partial charge in [-0.2, -0.15) is 0 Å². The molecule has 0 bridgehead atoms. The Hall–Kier alpha value is -1.26. The van der Waals surface area contributed by atoms with Crippen LogP contribution in [0, 0.1) is 5.92 Å². The minimum Gasteiger partial charge on any atom is -0.460 e. The molecule has 0 aliphatic rings. The zero-order valence-corrected chi connectivity index (χ0v) is 11.4. The number of nitrogens with two attached hydrogens (primary N) is 1. The lowest BCUT2D eigenvalue weighted by Gasteiger charge is -2.08. The molecule has 0 amide bonds. The van der Waals surface area contributed by atoms with Crippen LogP contribution in [0.5, 0.6) is 0 Å². The second-order valence-corrected chi connectivity index (χ2v) is 4.75. The summed E-state index contributed by atoms with van der Waals surface area (Å²) in [5.74, 6) is -0.0236. The molecule has 4 nitrogen and oxygen atoms in total. The van der Waals surface area contributed by atoms with E-state index in [0.717, 1.165) is 0 Å². The van der Waals surface area contributed by atoms with Gasteiger partial charge in [-0.25, -0.2) is 4.79 Å². The van der Waals surface area contributed by atoms with Crippen molar-refractivity contribution in [2.75, 3.05) is 25.6 Å². The van der Waals surface area contributed by atoms with Crippen molar-refractivity contribution in [1.29, 1.82) is 0 Å². The van der Waals surface area contributed by atoms with Crippen LogP contribution in [0.2, 0.25) is 5.02 Å². The van der Waals surface area contributed by atoms with Gasteiger partial charge in [-0.1, -0.05) is 25.4 Å². The fraction of sp³-hybridized carbons (Fsp3) is 0.462. The highest BCUT2D eigenvalue weighted by Crippen LogP contribution is 2.19. The standard InChI is InChI=1S/C13H18ClNO3/c1-9(2)8-17-5-6-18-13(16)11-7-10(15)3-4-12(11)14/h3-4,7,9H,5-6,8,15H2,1-2H3. The number of halogens is 1. The van der Waals surface area contributed by atoms with Gasteiger partial charge in [-0.3, -0.25) is 0 Å². The van der Waals surface area contributed by atoms with Crippen molar-refractivity contribution in [3.05, 3.63) is 28.8 Å². The van der Waals surface area contributed by atoms with Gasteiger partial charge in [0.1, 0.15) is 6.61 Å². The van der Waals surface area contributed by atoms with E-state index in [1.807, 2.05) is 0 Å². The molecule has 5 heteroatoms. The Morgan fingerprint density at radius 2 is 2.11 bits per heavy atom. The molecule has 0 aromatic heterocycles. The Kier molecular flexibility index (Phi) is 5.95. The van der Waals surface area contributed by atoms with Crippen LogP contribution in [0.4, 0.5) is 5.69 Å². The molecule has 1 aromatic rings. The van der Waals surface area contributed by atoms with Crippen molar-refractivity contribution in [3.63, 3.8) is 0 Å². The van der Waals surface area contributed by atoms with E-state index < -0.39 is 5.97 Å². The summed E-state index contributed by atoms with van der Waals surface area (Å²) in [6.45, 7) is 5.34. The highest BCUT2D eigenvalue weighted by molar-refractivity contribution is 6.33. The number of hydrogen-bond donors (Lipinski definition) is 1. The fourth-order valence-electron chi connectivity index (χ4n) is 1.29. The maximum atomic E-state index is 11.7. The van der Waals surface area contributed by atoms with Crippen molar-refractivity contribution in [3.8, 4) is 0 Å². The topological polar surface area (TPSA) is 61.5 Å². The number of carbonyl (C=O) groups excluding carboxylic acids is 1. The minimum absolute atomic E-state index is 0.205. The van der Waals surface area contributed by atoms with Crippen LogP contribution in [0.3, 0.4) is 0 Å². The summed E-state index contributed by atoms with van der Waals surface area (Å²) >= 11 is 5.89. The van der Waals surface area contributed by atoms with E-state index in [9.17, 15) is 4.79 Å². The molecule has 0 spiro atoms. The van der Waals surface area contributed by atoms with Crippen LogP contribution < -0.4 is 5.73 Å². The SMILES string of the molecule is CC(C)COCCOC(=O)c1cc(N)ccc1Cl. The van der Waals surface area contributed by atoms with Gasteiger partial charge in [0.05, 0.1) is 17.2 Å². The molecule has 18 heavy (non-hydrogen) atoms. The largest absolute Gasteiger partial charge is 0.460 e. The van der Waals surface area contributed by atoms with E-state index in [-0.39, 0.29) is 12.2 Å². The number of ether oxygens (including phenoxy) is 2. The van der Waals surface area contributed by atoms with Gasteiger partial charge in [0.25, 0.3) is 0 Å². The molecular weight excluding hydrogens is 254 g/mol. The van der Waals surface area contributed by atoms with Crippen molar-refractivity contribution in [2.24, 2.45) is 5.92 Å². The monoisotopic (exact) mass is 271 g/mol. The number of nitrogen functional groups attached to an aromatic ring is 1. The first-order valence-electron chi connectivity index (χ1n) is 5.80. The van der Waals surface area contributed by atoms with E-state index in [2.05, 4.69) is 13.8 Å². The first-order valence-corrected chi connectivity index (χ1v) is 6.18.